The highest BCUT2D eigenvalue weighted by Gasteiger charge is 2.17. The molecule has 0 aliphatic carbocycles. The zero-order chi connectivity index (χ0) is 21.7. The molecule has 0 aromatic rings. The standard InChI is InChI=1S/C25H44O4/c1-5-7-9-11-13-15-17-19-22(3)28-24(26)21-25(27)29-23(4)20-18-16-14-12-10-8-6-2/h5-6,22-23H,1-2,7-21H2,3-4H3. The molecule has 0 aliphatic rings. The molecule has 0 bridgehead atoms. The topological polar surface area (TPSA) is 52.6 Å². The third-order valence-electron chi connectivity index (χ3n) is 4.99. The van der Waals surface area contributed by atoms with Crippen LogP contribution in [0.5, 0.6) is 0 Å². The monoisotopic (exact) mass is 408 g/mol. The zero-order valence-corrected chi connectivity index (χ0v) is 19.0. The molecular weight excluding hydrogens is 364 g/mol. The molecular formula is C25H44O4. The third-order valence-corrected chi connectivity index (χ3v) is 4.99. The highest BCUT2D eigenvalue weighted by molar-refractivity contribution is 5.91. The highest BCUT2D eigenvalue weighted by Crippen LogP contribution is 2.13. The zero-order valence-electron chi connectivity index (χ0n) is 19.0. The number of ether oxygens (including phenoxy) is 2. The minimum atomic E-state index is -0.483. The van der Waals surface area contributed by atoms with Gasteiger partial charge in [-0.3, -0.25) is 9.59 Å². The van der Waals surface area contributed by atoms with Crippen LogP contribution in [-0.4, -0.2) is 24.1 Å². The number of allylic oxidation sites excluding steroid dienone is 2. The highest BCUT2D eigenvalue weighted by atomic mass is 16.6. The Morgan fingerprint density at radius 2 is 1.00 bits per heavy atom. The second-order valence-corrected chi connectivity index (χ2v) is 8.05. The smallest absolute Gasteiger partial charge is 0.317 e. The summed E-state index contributed by atoms with van der Waals surface area (Å²) < 4.78 is 10.7. The van der Waals surface area contributed by atoms with Crippen molar-refractivity contribution < 1.29 is 19.1 Å². The van der Waals surface area contributed by atoms with Crippen LogP contribution in [0.15, 0.2) is 25.3 Å². The van der Waals surface area contributed by atoms with E-state index < -0.39 is 11.9 Å². The van der Waals surface area contributed by atoms with Gasteiger partial charge in [0.05, 0.1) is 12.2 Å². The van der Waals surface area contributed by atoms with Gasteiger partial charge in [-0.05, 0) is 65.2 Å². The summed E-state index contributed by atoms with van der Waals surface area (Å²) in [6, 6.07) is 0. The van der Waals surface area contributed by atoms with E-state index in [9.17, 15) is 9.59 Å². The van der Waals surface area contributed by atoms with E-state index in [2.05, 4.69) is 13.2 Å². The van der Waals surface area contributed by atoms with Crippen LogP contribution in [0.25, 0.3) is 0 Å². The van der Waals surface area contributed by atoms with E-state index in [0.717, 1.165) is 51.4 Å². The first kappa shape index (κ1) is 27.4. The summed E-state index contributed by atoms with van der Waals surface area (Å²) in [7, 11) is 0. The maximum Gasteiger partial charge on any atom is 0.317 e. The fourth-order valence-corrected chi connectivity index (χ4v) is 3.27. The fraction of sp³-hybridized carbons (Fsp3) is 0.760. The number of esters is 2. The molecule has 0 heterocycles. The first-order valence-corrected chi connectivity index (χ1v) is 11.6. The van der Waals surface area contributed by atoms with Crippen LogP contribution in [0.3, 0.4) is 0 Å². The van der Waals surface area contributed by atoms with E-state index in [0.29, 0.717) is 0 Å². The second-order valence-electron chi connectivity index (χ2n) is 8.05. The molecule has 2 atom stereocenters. The first-order chi connectivity index (χ1) is 14.0. The van der Waals surface area contributed by atoms with Gasteiger partial charge in [0.2, 0.25) is 0 Å². The van der Waals surface area contributed by atoms with Crippen molar-refractivity contribution in [1.82, 2.24) is 0 Å². The van der Waals surface area contributed by atoms with Crippen molar-refractivity contribution in [2.45, 2.75) is 122 Å². The van der Waals surface area contributed by atoms with Gasteiger partial charge in [-0.25, -0.2) is 0 Å². The van der Waals surface area contributed by atoms with Crippen LogP contribution < -0.4 is 0 Å². The lowest BCUT2D eigenvalue weighted by Crippen LogP contribution is -2.21. The van der Waals surface area contributed by atoms with Gasteiger partial charge in [0.25, 0.3) is 0 Å². The predicted molar refractivity (Wildman–Crippen MR) is 121 cm³/mol. The first-order valence-electron chi connectivity index (χ1n) is 11.6. The molecule has 0 rings (SSSR count). The Morgan fingerprint density at radius 1 is 0.655 bits per heavy atom. The quantitative estimate of drug-likeness (QED) is 0.0935. The number of hydrogen-bond acceptors (Lipinski definition) is 4. The summed E-state index contributed by atoms with van der Waals surface area (Å²) in [6.45, 7) is 11.2. The second kappa shape index (κ2) is 19.7. The molecule has 0 saturated carbocycles. The molecule has 29 heavy (non-hydrogen) atoms. The molecule has 0 amide bonds. The SMILES string of the molecule is C=CCCCCCCCC(C)OC(=O)CC(=O)OC(C)CCCCCCCC=C. The lowest BCUT2D eigenvalue weighted by molar-refractivity contribution is -0.159. The molecule has 2 unspecified atom stereocenters. The van der Waals surface area contributed by atoms with Crippen molar-refractivity contribution in [3.05, 3.63) is 25.3 Å². The van der Waals surface area contributed by atoms with Crippen LogP contribution in [0.2, 0.25) is 0 Å². The van der Waals surface area contributed by atoms with Gasteiger partial charge in [0.15, 0.2) is 0 Å². The van der Waals surface area contributed by atoms with Crippen molar-refractivity contribution >= 4 is 11.9 Å². The normalized spacial score (nSPS) is 12.8. The van der Waals surface area contributed by atoms with Gasteiger partial charge in [-0.2, -0.15) is 0 Å². The number of rotatable bonds is 20. The number of unbranched alkanes of at least 4 members (excludes halogenated alkanes) is 10. The van der Waals surface area contributed by atoms with Crippen LogP contribution in [0.4, 0.5) is 0 Å². The largest absolute Gasteiger partial charge is 0.462 e. The molecule has 4 nitrogen and oxygen atoms in total. The number of carbonyl (C=O) groups is 2. The van der Waals surface area contributed by atoms with Crippen molar-refractivity contribution in [1.29, 1.82) is 0 Å². The molecule has 0 radical (unpaired) electrons. The molecule has 0 saturated heterocycles. The molecule has 4 heteroatoms. The van der Waals surface area contributed by atoms with Gasteiger partial charge < -0.3 is 9.47 Å². The molecule has 0 N–H and O–H groups in total. The van der Waals surface area contributed by atoms with Gasteiger partial charge in [0.1, 0.15) is 6.42 Å². The minimum absolute atomic E-state index is 0.151. The van der Waals surface area contributed by atoms with E-state index in [-0.39, 0.29) is 18.6 Å². The minimum Gasteiger partial charge on any atom is -0.462 e. The lowest BCUT2D eigenvalue weighted by atomic mass is 10.1. The summed E-state index contributed by atoms with van der Waals surface area (Å²) in [4.78, 5) is 23.8. The van der Waals surface area contributed by atoms with Crippen molar-refractivity contribution in [2.75, 3.05) is 0 Å². The van der Waals surface area contributed by atoms with Gasteiger partial charge in [-0.1, -0.05) is 50.7 Å². The Kier molecular flexibility index (Phi) is 18.6. The summed E-state index contributed by atoms with van der Waals surface area (Å²) in [6.07, 6.45) is 18.8. The van der Waals surface area contributed by atoms with E-state index in [1.165, 1.54) is 38.5 Å². The van der Waals surface area contributed by atoms with E-state index in [1.54, 1.807) is 0 Å². The Bertz CT molecular complexity index is 404. The molecule has 0 spiro atoms. The van der Waals surface area contributed by atoms with E-state index in [4.69, 9.17) is 9.47 Å². The van der Waals surface area contributed by atoms with Crippen molar-refractivity contribution in [2.24, 2.45) is 0 Å². The molecule has 168 valence electrons. The molecule has 0 aromatic carbocycles. The van der Waals surface area contributed by atoms with Crippen molar-refractivity contribution in [3.8, 4) is 0 Å². The lowest BCUT2D eigenvalue weighted by Gasteiger charge is -2.15. The molecule has 0 fully saturated rings. The van der Waals surface area contributed by atoms with Crippen LogP contribution in [0.1, 0.15) is 110 Å². The van der Waals surface area contributed by atoms with Crippen LogP contribution >= 0.6 is 0 Å². The maximum absolute atomic E-state index is 11.9. The summed E-state index contributed by atoms with van der Waals surface area (Å²) in [5.41, 5.74) is 0. The Labute approximate surface area is 179 Å². The average molecular weight is 409 g/mol. The number of hydrogen-bond donors (Lipinski definition) is 0. The van der Waals surface area contributed by atoms with E-state index >= 15 is 0 Å². The average Bonchev–Trinajstić information content (AvgIpc) is 2.66. The molecule has 0 aromatic heterocycles. The van der Waals surface area contributed by atoms with Crippen molar-refractivity contribution in [3.63, 3.8) is 0 Å². The van der Waals surface area contributed by atoms with Gasteiger partial charge >= 0.3 is 11.9 Å². The predicted octanol–water partition coefficient (Wildman–Crippen LogP) is 7.07. The van der Waals surface area contributed by atoms with Crippen LogP contribution in [-0.2, 0) is 19.1 Å². The van der Waals surface area contributed by atoms with E-state index in [1.807, 2.05) is 26.0 Å². The fourth-order valence-electron chi connectivity index (χ4n) is 3.27. The summed E-state index contributed by atoms with van der Waals surface area (Å²) in [5, 5.41) is 0. The molecule has 0 aliphatic heterocycles. The Morgan fingerprint density at radius 3 is 1.38 bits per heavy atom. The van der Waals surface area contributed by atoms with Gasteiger partial charge in [-0.15, -0.1) is 13.2 Å². The Hall–Kier alpha value is -1.58. The summed E-state index contributed by atoms with van der Waals surface area (Å²) in [5.74, 6) is -0.967. The third kappa shape index (κ3) is 19.5. The maximum atomic E-state index is 11.9. The van der Waals surface area contributed by atoms with Crippen LogP contribution in [0, 0.1) is 0 Å². The van der Waals surface area contributed by atoms with Gasteiger partial charge in [0, 0.05) is 0 Å². The summed E-state index contributed by atoms with van der Waals surface area (Å²) >= 11 is 0. The Balaban J connectivity index is 3.69. The number of carbonyl (C=O) groups excluding carboxylic acids is 2.